The number of carbonyl (C=O) groups excluding carboxylic acids is 1. The number of hydrogen-bond acceptors (Lipinski definition) is 3. The first-order chi connectivity index (χ1) is 13.1. The van der Waals surface area contributed by atoms with E-state index in [1.807, 2.05) is 49.4 Å². The first kappa shape index (κ1) is 18.7. The maximum atomic E-state index is 12.1. The second kappa shape index (κ2) is 9.01. The predicted molar refractivity (Wildman–Crippen MR) is 108 cm³/mol. The van der Waals surface area contributed by atoms with Gasteiger partial charge in [-0.05, 0) is 48.9 Å². The number of ether oxygens (including phenoxy) is 1. The molecule has 0 aliphatic carbocycles. The maximum Gasteiger partial charge on any atom is 0.271 e. The molecular weight excluding hydrogens is 360 g/mol. The van der Waals surface area contributed by atoms with Crippen LogP contribution < -0.4 is 10.2 Å². The summed E-state index contributed by atoms with van der Waals surface area (Å²) in [6.45, 7) is 2.51. The highest BCUT2D eigenvalue weighted by molar-refractivity contribution is 6.30. The molecule has 3 aromatic rings. The normalized spacial score (nSPS) is 10.7. The Labute approximate surface area is 163 Å². The standard InChI is InChI=1S/C22H19ClN2O2/c1-16-5-4-6-17(13-16)15-27-21-8-3-2-7-19(21)14-24-25-22(26)18-9-11-20(23)12-10-18/h2-14H,15H2,1H3,(H,25,26)/b24-14+. The average Bonchev–Trinajstić information content (AvgIpc) is 2.68. The first-order valence-corrected chi connectivity index (χ1v) is 8.86. The monoisotopic (exact) mass is 378 g/mol. The molecule has 0 spiro atoms. The lowest BCUT2D eigenvalue weighted by atomic mass is 10.1. The van der Waals surface area contributed by atoms with E-state index in [1.54, 1.807) is 30.5 Å². The number of benzene rings is 3. The van der Waals surface area contributed by atoms with Crippen LogP contribution in [-0.4, -0.2) is 12.1 Å². The number of nitrogens with one attached hydrogen (secondary N) is 1. The van der Waals surface area contributed by atoms with Crippen LogP contribution in [0.2, 0.25) is 5.02 Å². The van der Waals surface area contributed by atoms with Gasteiger partial charge in [0, 0.05) is 16.1 Å². The third-order valence-corrected chi connectivity index (χ3v) is 4.12. The molecule has 0 unspecified atom stereocenters. The highest BCUT2D eigenvalue weighted by atomic mass is 35.5. The molecule has 136 valence electrons. The Morgan fingerprint density at radius 3 is 2.63 bits per heavy atom. The fourth-order valence-electron chi connectivity index (χ4n) is 2.51. The average molecular weight is 379 g/mol. The highest BCUT2D eigenvalue weighted by Gasteiger charge is 2.05. The molecule has 4 nitrogen and oxygen atoms in total. The van der Waals surface area contributed by atoms with E-state index >= 15 is 0 Å². The van der Waals surface area contributed by atoms with Crippen LogP contribution >= 0.6 is 11.6 Å². The Kier molecular flexibility index (Phi) is 6.23. The zero-order valence-corrected chi connectivity index (χ0v) is 15.6. The molecule has 0 saturated heterocycles. The van der Waals surface area contributed by atoms with Gasteiger partial charge in [0.2, 0.25) is 0 Å². The Hall–Kier alpha value is -3.11. The molecule has 1 N–H and O–H groups in total. The number of aryl methyl sites for hydroxylation is 1. The van der Waals surface area contributed by atoms with Gasteiger partial charge in [-0.25, -0.2) is 5.43 Å². The molecular formula is C22H19ClN2O2. The van der Waals surface area contributed by atoms with E-state index in [0.717, 1.165) is 11.1 Å². The Balaban J connectivity index is 1.64. The van der Waals surface area contributed by atoms with Crippen molar-refractivity contribution in [2.75, 3.05) is 0 Å². The summed E-state index contributed by atoms with van der Waals surface area (Å²) in [6, 6.07) is 22.3. The van der Waals surface area contributed by atoms with Crippen LogP contribution in [0.25, 0.3) is 0 Å². The van der Waals surface area contributed by atoms with E-state index in [-0.39, 0.29) is 5.91 Å². The van der Waals surface area contributed by atoms with Gasteiger partial charge in [0.25, 0.3) is 5.91 Å². The van der Waals surface area contributed by atoms with E-state index < -0.39 is 0 Å². The maximum absolute atomic E-state index is 12.1. The van der Waals surface area contributed by atoms with Crippen molar-refractivity contribution in [3.05, 3.63) is 100 Å². The zero-order chi connectivity index (χ0) is 19.1. The summed E-state index contributed by atoms with van der Waals surface area (Å²) in [5, 5.41) is 4.61. The van der Waals surface area contributed by atoms with Crippen LogP contribution in [0.4, 0.5) is 0 Å². The van der Waals surface area contributed by atoms with Crippen molar-refractivity contribution < 1.29 is 9.53 Å². The lowest BCUT2D eigenvalue weighted by Crippen LogP contribution is -2.17. The number of hydrogen-bond donors (Lipinski definition) is 1. The molecule has 0 fully saturated rings. The molecule has 3 rings (SSSR count). The third-order valence-electron chi connectivity index (χ3n) is 3.87. The summed E-state index contributed by atoms with van der Waals surface area (Å²) in [6.07, 6.45) is 1.57. The van der Waals surface area contributed by atoms with E-state index in [2.05, 4.69) is 16.6 Å². The van der Waals surface area contributed by atoms with Crippen molar-refractivity contribution in [3.8, 4) is 5.75 Å². The van der Waals surface area contributed by atoms with Gasteiger partial charge in [-0.1, -0.05) is 53.6 Å². The van der Waals surface area contributed by atoms with Crippen LogP contribution in [0, 0.1) is 6.92 Å². The van der Waals surface area contributed by atoms with E-state index in [4.69, 9.17) is 16.3 Å². The van der Waals surface area contributed by atoms with Gasteiger partial charge in [0.15, 0.2) is 0 Å². The minimum atomic E-state index is -0.305. The van der Waals surface area contributed by atoms with Crippen LogP contribution in [0.5, 0.6) is 5.75 Å². The first-order valence-electron chi connectivity index (χ1n) is 8.48. The van der Waals surface area contributed by atoms with Crippen molar-refractivity contribution in [1.29, 1.82) is 0 Å². The smallest absolute Gasteiger partial charge is 0.271 e. The Morgan fingerprint density at radius 1 is 1.07 bits per heavy atom. The van der Waals surface area contributed by atoms with Crippen LogP contribution in [0.15, 0.2) is 77.9 Å². The second-order valence-electron chi connectivity index (χ2n) is 6.02. The molecule has 0 atom stereocenters. The molecule has 27 heavy (non-hydrogen) atoms. The molecule has 0 bridgehead atoms. The largest absolute Gasteiger partial charge is 0.488 e. The van der Waals surface area contributed by atoms with Crippen molar-refractivity contribution in [2.24, 2.45) is 5.10 Å². The number of para-hydroxylation sites is 1. The summed E-state index contributed by atoms with van der Waals surface area (Å²) in [7, 11) is 0. The quantitative estimate of drug-likeness (QED) is 0.485. The van der Waals surface area contributed by atoms with Gasteiger partial charge in [0.1, 0.15) is 12.4 Å². The Bertz CT molecular complexity index is 953. The third kappa shape index (κ3) is 5.43. The summed E-state index contributed by atoms with van der Waals surface area (Å²) in [5.41, 5.74) is 6.06. The summed E-state index contributed by atoms with van der Waals surface area (Å²) >= 11 is 5.83. The number of carbonyl (C=O) groups is 1. The van der Waals surface area contributed by atoms with E-state index in [1.165, 1.54) is 5.56 Å². The number of hydrazone groups is 1. The minimum Gasteiger partial charge on any atom is -0.488 e. The van der Waals surface area contributed by atoms with Gasteiger partial charge in [0.05, 0.1) is 6.21 Å². The molecule has 3 aromatic carbocycles. The van der Waals surface area contributed by atoms with Gasteiger partial charge in [-0.2, -0.15) is 5.10 Å². The SMILES string of the molecule is Cc1cccc(COc2ccccc2/C=N/NC(=O)c2ccc(Cl)cc2)c1. The molecule has 1 amide bonds. The van der Waals surface area contributed by atoms with Gasteiger partial charge >= 0.3 is 0 Å². The topological polar surface area (TPSA) is 50.7 Å². The molecule has 0 aliphatic heterocycles. The number of halogens is 1. The molecule has 0 aromatic heterocycles. The lowest BCUT2D eigenvalue weighted by Gasteiger charge is -2.09. The highest BCUT2D eigenvalue weighted by Crippen LogP contribution is 2.18. The van der Waals surface area contributed by atoms with Crippen molar-refractivity contribution in [3.63, 3.8) is 0 Å². The van der Waals surface area contributed by atoms with Gasteiger partial charge < -0.3 is 4.74 Å². The minimum absolute atomic E-state index is 0.305. The molecule has 0 radical (unpaired) electrons. The lowest BCUT2D eigenvalue weighted by molar-refractivity contribution is 0.0955. The van der Waals surface area contributed by atoms with Crippen molar-refractivity contribution in [1.82, 2.24) is 5.43 Å². The van der Waals surface area contributed by atoms with Crippen LogP contribution in [0.1, 0.15) is 27.0 Å². The molecule has 0 heterocycles. The molecule has 5 heteroatoms. The van der Waals surface area contributed by atoms with E-state index in [9.17, 15) is 4.79 Å². The van der Waals surface area contributed by atoms with E-state index in [0.29, 0.717) is 22.9 Å². The van der Waals surface area contributed by atoms with Crippen molar-refractivity contribution in [2.45, 2.75) is 13.5 Å². The zero-order valence-electron chi connectivity index (χ0n) is 14.9. The predicted octanol–water partition coefficient (Wildman–Crippen LogP) is 4.99. The summed E-state index contributed by atoms with van der Waals surface area (Å²) in [5.74, 6) is 0.393. The number of nitrogens with zero attached hydrogens (tertiary/aromatic N) is 1. The Morgan fingerprint density at radius 2 is 1.85 bits per heavy atom. The summed E-state index contributed by atoms with van der Waals surface area (Å²) < 4.78 is 5.91. The fraction of sp³-hybridized carbons (Fsp3) is 0.0909. The second-order valence-corrected chi connectivity index (χ2v) is 6.46. The number of amides is 1. The number of rotatable bonds is 6. The van der Waals surface area contributed by atoms with Crippen molar-refractivity contribution >= 4 is 23.7 Å². The molecule has 0 aliphatic rings. The van der Waals surface area contributed by atoms with Gasteiger partial charge in [-0.3, -0.25) is 4.79 Å². The fourth-order valence-corrected chi connectivity index (χ4v) is 2.63. The molecule has 0 saturated carbocycles. The summed E-state index contributed by atoms with van der Waals surface area (Å²) in [4.78, 5) is 12.1. The van der Waals surface area contributed by atoms with Gasteiger partial charge in [-0.15, -0.1) is 0 Å². The van der Waals surface area contributed by atoms with Crippen LogP contribution in [0.3, 0.4) is 0 Å². The van der Waals surface area contributed by atoms with Crippen LogP contribution in [-0.2, 0) is 6.61 Å².